The van der Waals surface area contributed by atoms with Crippen molar-refractivity contribution in [2.24, 2.45) is 56.7 Å². The number of rotatable bonds is 11. The summed E-state index contributed by atoms with van der Waals surface area (Å²) in [7, 11) is 0. The molecule has 0 aromatic heterocycles. The van der Waals surface area contributed by atoms with Gasteiger partial charge in [-0.15, -0.1) is 0 Å². The van der Waals surface area contributed by atoms with Gasteiger partial charge in [0.25, 0.3) is 0 Å². The van der Waals surface area contributed by atoms with Gasteiger partial charge < -0.3 is 29.5 Å². The Kier molecular flexibility index (Phi) is 11.1. The molecule has 1 unspecified atom stereocenters. The lowest BCUT2D eigenvalue weighted by Crippen LogP contribution is -2.70. The molecule has 0 aromatic carbocycles. The molecular formula is C43H70N2O7. The third-order valence-corrected chi connectivity index (χ3v) is 16.7. The molecule has 0 aromatic rings. The molecule has 9 heteroatoms. The van der Waals surface area contributed by atoms with Crippen molar-refractivity contribution in [2.45, 2.75) is 145 Å². The van der Waals surface area contributed by atoms with Crippen molar-refractivity contribution < 1.29 is 33.7 Å². The predicted molar refractivity (Wildman–Crippen MR) is 201 cm³/mol. The summed E-state index contributed by atoms with van der Waals surface area (Å²) >= 11 is 0. The minimum atomic E-state index is -0.663. The summed E-state index contributed by atoms with van der Waals surface area (Å²) in [4.78, 5) is 42.1. The molecule has 294 valence electrons. The van der Waals surface area contributed by atoms with Crippen molar-refractivity contribution in [3.63, 3.8) is 0 Å². The number of allylic oxidation sites excluding steroid dienone is 1. The molecule has 3 saturated carbocycles. The van der Waals surface area contributed by atoms with Crippen LogP contribution in [0.3, 0.4) is 0 Å². The Morgan fingerprint density at radius 3 is 2.44 bits per heavy atom. The molecule has 5 fully saturated rings. The molecule has 2 N–H and O–H groups in total. The van der Waals surface area contributed by atoms with Gasteiger partial charge >= 0.3 is 17.9 Å². The molecule has 4 aliphatic carbocycles. The van der Waals surface area contributed by atoms with E-state index in [1.807, 2.05) is 0 Å². The summed E-state index contributed by atoms with van der Waals surface area (Å²) in [6, 6.07) is 0.624. The smallest absolute Gasteiger partial charge is 0.320 e. The maximum absolute atomic E-state index is 13.5. The van der Waals surface area contributed by atoms with Crippen LogP contribution in [0.1, 0.15) is 127 Å². The van der Waals surface area contributed by atoms with E-state index in [1.165, 1.54) is 31.8 Å². The van der Waals surface area contributed by atoms with Gasteiger partial charge in [0.1, 0.15) is 12.2 Å². The Morgan fingerprint density at radius 1 is 1.02 bits per heavy atom. The average molecular weight is 727 g/mol. The number of carboxylic acid groups (broad SMARTS) is 1. The van der Waals surface area contributed by atoms with Crippen molar-refractivity contribution in [2.75, 3.05) is 39.4 Å². The van der Waals surface area contributed by atoms with Crippen molar-refractivity contribution in [3.8, 4) is 0 Å². The highest BCUT2D eigenvalue weighted by Crippen LogP contribution is 2.75. The summed E-state index contributed by atoms with van der Waals surface area (Å²) in [6.45, 7) is 23.6. The van der Waals surface area contributed by atoms with Crippen molar-refractivity contribution in [3.05, 3.63) is 11.6 Å². The Balaban J connectivity index is 1.24. The van der Waals surface area contributed by atoms with Gasteiger partial charge in [0.2, 0.25) is 0 Å². The fourth-order valence-electron chi connectivity index (χ4n) is 13.4. The van der Waals surface area contributed by atoms with E-state index in [1.54, 1.807) is 0 Å². The second kappa shape index (κ2) is 14.6. The van der Waals surface area contributed by atoms with Gasteiger partial charge in [-0.3, -0.25) is 14.4 Å². The molecular weight excluding hydrogens is 656 g/mol. The zero-order valence-electron chi connectivity index (χ0n) is 33.9. The monoisotopic (exact) mass is 727 g/mol. The molecule has 2 heterocycles. The molecule has 52 heavy (non-hydrogen) atoms. The van der Waals surface area contributed by atoms with Crippen LogP contribution in [0.5, 0.6) is 0 Å². The molecule has 0 spiro atoms. The van der Waals surface area contributed by atoms with Crippen molar-refractivity contribution in [1.29, 1.82) is 0 Å². The second-order valence-electron chi connectivity index (χ2n) is 19.5. The van der Waals surface area contributed by atoms with Crippen LogP contribution in [0.25, 0.3) is 0 Å². The summed E-state index contributed by atoms with van der Waals surface area (Å²) < 4.78 is 19.0. The molecule has 2 saturated heterocycles. The minimum Gasteiger partial charge on any atom is -0.481 e. The number of esters is 2. The van der Waals surface area contributed by atoms with E-state index in [9.17, 15) is 19.5 Å². The standard InChI is InChI=1S/C43H70N2O7/c1-27(2)29(4)39(6)18-19-41(8)31-14-15-34-40(7)25-50-26-43(34,32(31)16-17-42(41,9)36(39)38(48)49)23-33(51-30(5)46)37(40)52-35(47)24-44-20-12-22-45-21-11-10-13-28(45)3/h16,27-29,31,33-34,36-37,44H,10-15,17-26H2,1-9H3,(H,48,49)/t28?,29-,31+,33-,34+,36-,37+,39-,40-,41-,42+,43+/m1/s1. The molecule has 9 nitrogen and oxygen atoms in total. The van der Waals surface area contributed by atoms with E-state index in [-0.39, 0.29) is 52.5 Å². The Hall–Kier alpha value is -1.97. The van der Waals surface area contributed by atoms with Gasteiger partial charge in [-0.1, -0.05) is 66.5 Å². The second-order valence-corrected chi connectivity index (χ2v) is 19.5. The quantitative estimate of drug-likeness (QED) is 0.129. The fraction of sp³-hybridized carbons (Fsp3) is 0.884. The zero-order valence-corrected chi connectivity index (χ0v) is 33.9. The van der Waals surface area contributed by atoms with Crippen LogP contribution < -0.4 is 5.32 Å². The first-order valence-corrected chi connectivity index (χ1v) is 20.8. The summed E-state index contributed by atoms with van der Waals surface area (Å²) in [5, 5.41) is 14.3. The Bertz CT molecular complexity index is 1400. The van der Waals surface area contributed by atoms with Crippen LogP contribution in [-0.2, 0) is 28.6 Å². The summed E-state index contributed by atoms with van der Waals surface area (Å²) in [5.74, 6) is -0.722. The zero-order chi connectivity index (χ0) is 37.9. The van der Waals surface area contributed by atoms with Gasteiger partial charge in [0.15, 0.2) is 0 Å². The number of fused-ring (bicyclic) bond motifs is 3. The topological polar surface area (TPSA) is 114 Å². The maximum Gasteiger partial charge on any atom is 0.320 e. The van der Waals surface area contributed by atoms with E-state index in [2.05, 4.69) is 71.7 Å². The number of likely N-dealkylation sites (tertiary alicyclic amines) is 1. The first-order valence-electron chi connectivity index (χ1n) is 20.8. The fourth-order valence-corrected chi connectivity index (χ4v) is 13.4. The lowest BCUT2D eigenvalue weighted by atomic mass is 9.34. The lowest BCUT2D eigenvalue weighted by Gasteiger charge is -2.71. The van der Waals surface area contributed by atoms with Crippen LogP contribution in [0.4, 0.5) is 0 Å². The van der Waals surface area contributed by atoms with Gasteiger partial charge in [-0.2, -0.15) is 0 Å². The summed E-state index contributed by atoms with van der Waals surface area (Å²) in [6.07, 6.45) is 11.1. The van der Waals surface area contributed by atoms with E-state index in [4.69, 9.17) is 14.2 Å². The van der Waals surface area contributed by atoms with Crippen LogP contribution in [0, 0.1) is 56.7 Å². The number of carbonyl (C=O) groups excluding carboxylic acids is 2. The first kappa shape index (κ1) is 39.7. The minimum absolute atomic E-state index is 0.120. The number of nitrogens with zero attached hydrogens (tertiary/aromatic N) is 1. The normalized spacial score (nSPS) is 43.7. The Labute approximate surface area is 313 Å². The van der Waals surface area contributed by atoms with Crippen LogP contribution in [-0.4, -0.2) is 85.6 Å². The number of aliphatic carboxylic acids is 1. The highest BCUT2D eigenvalue weighted by atomic mass is 16.6. The number of hydrogen-bond acceptors (Lipinski definition) is 8. The van der Waals surface area contributed by atoms with Gasteiger partial charge in [0, 0.05) is 23.8 Å². The van der Waals surface area contributed by atoms with Crippen LogP contribution >= 0.6 is 0 Å². The van der Waals surface area contributed by atoms with Crippen LogP contribution in [0.2, 0.25) is 0 Å². The predicted octanol–water partition coefficient (Wildman–Crippen LogP) is 7.27. The number of carboxylic acids is 1. The van der Waals surface area contributed by atoms with E-state index in [0.717, 1.165) is 51.7 Å². The van der Waals surface area contributed by atoms with E-state index >= 15 is 0 Å². The molecule has 6 rings (SSSR count). The van der Waals surface area contributed by atoms with Gasteiger partial charge in [-0.05, 0) is 124 Å². The Morgan fingerprint density at radius 2 is 1.77 bits per heavy atom. The highest BCUT2D eigenvalue weighted by Gasteiger charge is 2.72. The van der Waals surface area contributed by atoms with Crippen LogP contribution in [0.15, 0.2) is 11.6 Å². The van der Waals surface area contributed by atoms with E-state index in [0.29, 0.717) is 38.0 Å². The molecule has 2 bridgehead atoms. The molecule has 0 amide bonds. The molecule has 0 radical (unpaired) electrons. The summed E-state index contributed by atoms with van der Waals surface area (Å²) in [5.41, 5.74) is -0.437. The SMILES string of the molecule is CC(=O)O[C@@H]1C[C@@]23COC[C@](C)([C@@H]2CC[C@H]2C3=CC[C@@]3(C)[C@H](C(=O)O)[C@@](C)([C@H](C)C(C)C)CC[C@]23C)[C@H]1OC(=O)CNCCCN1CCCCC1C. The number of ether oxygens (including phenoxy) is 3. The van der Waals surface area contributed by atoms with E-state index < -0.39 is 34.9 Å². The van der Waals surface area contributed by atoms with Gasteiger partial charge in [-0.25, -0.2) is 0 Å². The largest absolute Gasteiger partial charge is 0.481 e. The number of carbonyl (C=O) groups is 3. The van der Waals surface area contributed by atoms with Crippen molar-refractivity contribution in [1.82, 2.24) is 10.2 Å². The number of nitrogens with one attached hydrogen (secondary N) is 1. The lowest BCUT2D eigenvalue weighted by molar-refractivity contribution is -0.262. The highest BCUT2D eigenvalue weighted by molar-refractivity contribution is 5.73. The molecule has 2 aliphatic heterocycles. The van der Waals surface area contributed by atoms with Gasteiger partial charge in [0.05, 0.1) is 25.7 Å². The number of piperidine rings is 1. The maximum atomic E-state index is 13.5. The average Bonchev–Trinajstić information content (AvgIpc) is 3.07. The molecule has 12 atom stereocenters. The first-order chi connectivity index (χ1) is 24.4. The number of hydrogen-bond donors (Lipinski definition) is 2. The third kappa shape index (κ3) is 6.38. The third-order valence-electron chi connectivity index (χ3n) is 16.7. The van der Waals surface area contributed by atoms with Crippen molar-refractivity contribution >= 4 is 17.9 Å². The molecule has 6 aliphatic rings.